The second kappa shape index (κ2) is 20.5. The number of unbranched alkanes of at least 4 members (excludes halogenated alkanes) is 1. The molecule has 0 amide bonds. The number of nitrogens with zero attached hydrogens (tertiary/aromatic N) is 1. The van der Waals surface area contributed by atoms with Crippen LogP contribution in [0, 0.1) is 5.92 Å². The molecular formula is C16H33N. The van der Waals surface area contributed by atoms with Crippen molar-refractivity contribution in [1.82, 2.24) is 0 Å². The Balaban J connectivity index is -0.000000439. The molecule has 0 N–H and O–H groups in total. The van der Waals surface area contributed by atoms with Gasteiger partial charge in [0.25, 0.3) is 0 Å². The molecule has 0 saturated carbocycles. The van der Waals surface area contributed by atoms with E-state index in [0.29, 0.717) is 5.92 Å². The molecule has 0 saturated heterocycles. The van der Waals surface area contributed by atoms with Gasteiger partial charge in [0.05, 0.1) is 0 Å². The Kier molecular flexibility index (Phi) is 25.9. The van der Waals surface area contributed by atoms with Crippen molar-refractivity contribution in [1.29, 1.82) is 0 Å². The van der Waals surface area contributed by atoms with Gasteiger partial charge >= 0.3 is 0 Å². The number of hydrogen-bond acceptors (Lipinski definition) is 1. The highest BCUT2D eigenvalue weighted by molar-refractivity contribution is 5.96. The van der Waals surface area contributed by atoms with Gasteiger partial charge < -0.3 is 0 Å². The van der Waals surface area contributed by atoms with Gasteiger partial charge in [-0.15, -0.1) is 0 Å². The molecule has 0 aromatic heterocycles. The van der Waals surface area contributed by atoms with Crippen molar-refractivity contribution < 1.29 is 0 Å². The Bertz CT molecular complexity index is 180. The molecule has 0 aliphatic carbocycles. The van der Waals surface area contributed by atoms with Crippen LogP contribution in [-0.2, 0) is 0 Å². The maximum absolute atomic E-state index is 4.23. The van der Waals surface area contributed by atoms with Crippen molar-refractivity contribution in [2.45, 2.75) is 67.2 Å². The fraction of sp³-hybridized carbons (Fsp3) is 0.688. The number of aliphatic imine (C=N–C) groups is 1. The second-order valence-corrected chi connectivity index (χ2v) is 3.19. The summed E-state index contributed by atoms with van der Waals surface area (Å²) in [7, 11) is 0. The van der Waals surface area contributed by atoms with E-state index in [4.69, 9.17) is 0 Å². The lowest BCUT2D eigenvalue weighted by Crippen LogP contribution is -2.10. The Hall–Kier alpha value is -0.850. The van der Waals surface area contributed by atoms with E-state index in [1.54, 1.807) is 6.20 Å². The summed E-state index contributed by atoms with van der Waals surface area (Å²) < 4.78 is 0. The molecule has 1 atom stereocenters. The van der Waals surface area contributed by atoms with E-state index in [1.165, 1.54) is 19.3 Å². The van der Waals surface area contributed by atoms with Crippen LogP contribution in [0.4, 0.5) is 0 Å². The fourth-order valence-electron chi connectivity index (χ4n) is 1.44. The Morgan fingerprint density at radius 2 is 1.65 bits per heavy atom. The maximum atomic E-state index is 4.23. The van der Waals surface area contributed by atoms with Crippen LogP contribution in [0.5, 0.6) is 0 Å². The van der Waals surface area contributed by atoms with Crippen LogP contribution >= 0.6 is 0 Å². The third-order valence-electron chi connectivity index (χ3n) is 2.27. The second-order valence-electron chi connectivity index (χ2n) is 3.19. The van der Waals surface area contributed by atoms with Crippen LogP contribution in [-0.4, -0.2) is 5.71 Å². The highest BCUT2D eigenvalue weighted by atomic mass is 14.7. The summed E-state index contributed by atoms with van der Waals surface area (Å²) in [5, 5.41) is 0. The molecule has 1 nitrogen and oxygen atoms in total. The molecule has 0 radical (unpaired) electrons. The van der Waals surface area contributed by atoms with E-state index < -0.39 is 0 Å². The zero-order valence-electron chi connectivity index (χ0n) is 12.9. The van der Waals surface area contributed by atoms with Gasteiger partial charge in [0.1, 0.15) is 0 Å². The van der Waals surface area contributed by atoms with E-state index in [2.05, 4.69) is 32.0 Å². The van der Waals surface area contributed by atoms with Crippen molar-refractivity contribution in [3.8, 4) is 0 Å². The van der Waals surface area contributed by atoms with Gasteiger partial charge in [-0.25, -0.2) is 0 Å². The minimum absolute atomic E-state index is 0.565. The molecule has 0 aliphatic heterocycles. The Morgan fingerprint density at radius 3 is 1.94 bits per heavy atom. The maximum Gasteiger partial charge on any atom is 0.0428 e. The van der Waals surface area contributed by atoms with E-state index in [0.717, 1.165) is 12.1 Å². The quantitative estimate of drug-likeness (QED) is 0.481. The molecule has 0 fully saturated rings. The molecule has 102 valence electrons. The molecule has 1 unspecified atom stereocenters. The van der Waals surface area contributed by atoms with Gasteiger partial charge in [-0.3, -0.25) is 4.99 Å². The fourth-order valence-corrected chi connectivity index (χ4v) is 1.44. The smallest absolute Gasteiger partial charge is 0.0428 e. The summed E-state index contributed by atoms with van der Waals surface area (Å²) in [5.41, 5.74) is 1.09. The zero-order valence-corrected chi connectivity index (χ0v) is 12.9. The molecule has 17 heavy (non-hydrogen) atoms. The highest BCUT2D eigenvalue weighted by Crippen LogP contribution is 2.15. The minimum Gasteiger partial charge on any atom is -0.262 e. The first kappa shape index (κ1) is 21.4. The predicted molar refractivity (Wildman–Crippen MR) is 83.8 cm³/mol. The third kappa shape index (κ3) is 13.1. The molecule has 0 aliphatic rings. The average molecular weight is 239 g/mol. The van der Waals surface area contributed by atoms with Gasteiger partial charge in [-0.2, -0.15) is 0 Å². The van der Waals surface area contributed by atoms with Gasteiger partial charge in [-0.05, 0) is 18.9 Å². The largest absolute Gasteiger partial charge is 0.262 e. The van der Waals surface area contributed by atoms with Crippen molar-refractivity contribution >= 4 is 5.71 Å². The summed E-state index contributed by atoms with van der Waals surface area (Å²) >= 11 is 0. The third-order valence-corrected chi connectivity index (χ3v) is 2.27. The molecule has 0 heterocycles. The van der Waals surface area contributed by atoms with Crippen LogP contribution in [0.1, 0.15) is 67.2 Å². The molecule has 0 spiro atoms. The van der Waals surface area contributed by atoms with Crippen LogP contribution < -0.4 is 0 Å². The number of hydrogen-bond donors (Lipinski definition) is 0. The lowest BCUT2D eigenvalue weighted by molar-refractivity contribution is 0.569. The van der Waals surface area contributed by atoms with E-state index in [1.807, 2.05) is 33.8 Å². The van der Waals surface area contributed by atoms with Crippen LogP contribution in [0.3, 0.4) is 0 Å². The average Bonchev–Trinajstić information content (AvgIpc) is 2.42. The zero-order chi connectivity index (χ0) is 14.1. The first-order valence-corrected chi connectivity index (χ1v) is 7.11. The first-order chi connectivity index (χ1) is 8.29. The van der Waals surface area contributed by atoms with Crippen molar-refractivity contribution in [2.75, 3.05) is 0 Å². The minimum atomic E-state index is 0.565. The summed E-state index contributed by atoms with van der Waals surface area (Å²) in [6.45, 7) is 19.8. The topological polar surface area (TPSA) is 12.4 Å². The molecule has 1 heteroatoms. The van der Waals surface area contributed by atoms with Gasteiger partial charge in [-0.1, -0.05) is 67.5 Å². The number of allylic oxidation sites excluding steroid dienone is 1. The van der Waals surface area contributed by atoms with Crippen LogP contribution in [0.15, 0.2) is 30.4 Å². The molecule has 0 bridgehead atoms. The molecule has 0 rings (SSSR count). The highest BCUT2D eigenvalue weighted by Gasteiger charge is 2.09. The van der Waals surface area contributed by atoms with Crippen molar-refractivity contribution in [3.05, 3.63) is 25.4 Å². The molecule has 0 aromatic carbocycles. The van der Waals surface area contributed by atoms with E-state index in [-0.39, 0.29) is 0 Å². The SMILES string of the molecule is C=CN=C(C=C)C(CC)CCCC.CC.CC. The van der Waals surface area contributed by atoms with Gasteiger partial charge in [0.15, 0.2) is 0 Å². The predicted octanol–water partition coefficient (Wildman–Crippen LogP) is 6.03. The van der Waals surface area contributed by atoms with Crippen LogP contribution in [0.25, 0.3) is 0 Å². The summed E-state index contributed by atoms with van der Waals surface area (Å²) in [5.74, 6) is 0.565. The van der Waals surface area contributed by atoms with E-state index >= 15 is 0 Å². The van der Waals surface area contributed by atoms with Gasteiger partial charge in [0.2, 0.25) is 0 Å². The molecule has 0 aromatic rings. The lowest BCUT2D eigenvalue weighted by Gasteiger charge is -2.13. The standard InChI is InChI=1S/C12H21N.2C2H6/c1-5-9-10-11(6-2)12(7-3)13-8-4;2*1-2/h7-8,11H,3-6,9-10H2,1-2H3;2*1-2H3. The van der Waals surface area contributed by atoms with Crippen molar-refractivity contribution in [3.63, 3.8) is 0 Å². The molecular weight excluding hydrogens is 206 g/mol. The summed E-state index contributed by atoms with van der Waals surface area (Å²) in [4.78, 5) is 4.23. The lowest BCUT2D eigenvalue weighted by atomic mass is 9.94. The van der Waals surface area contributed by atoms with Crippen molar-refractivity contribution in [2.24, 2.45) is 10.9 Å². The Morgan fingerprint density at radius 1 is 1.12 bits per heavy atom. The van der Waals surface area contributed by atoms with Gasteiger partial charge in [0, 0.05) is 17.8 Å². The van der Waals surface area contributed by atoms with E-state index in [9.17, 15) is 0 Å². The monoisotopic (exact) mass is 239 g/mol. The summed E-state index contributed by atoms with van der Waals surface area (Å²) in [6, 6.07) is 0. The van der Waals surface area contributed by atoms with Crippen LogP contribution in [0.2, 0.25) is 0 Å². The summed E-state index contributed by atoms with van der Waals surface area (Å²) in [6.07, 6.45) is 8.32. The Labute approximate surface area is 110 Å². The first-order valence-electron chi connectivity index (χ1n) is 7.11. The normalized spacial score (nSPS) is 11.3. The number of rotatable bonds is 7.